The lowest BCUT2D eigenvalue weighted by atomic mass is 9.71. The summed E-state index contributed by atoms with van der Waals surface area (Å²) in [5.41, 5.74) is 3.10. The number of nitrogens with one attached hydrogen (secondary N) is 1. The van der Waals surface area contributed by atoms with E-state index in [1.165, 1.54) is 23.3 Å². The van der Waals surface area contributed by atoms with Gasteiger partial charge in [0.2, 0.25) is 0 Å². The maximum absolute atomic E-state index is 14.3. The number of rotatable bonds is 3. The summed E-state index contributed by atoms with van der Waals surface area (Å²) in [7, 11) is 1.76. The molecule has 0 amide bonds. The van der Waals surface area contributed by atoms with Crippen molar-refractivity contribution in [3.8, 4) is 0 Å². The van der Waals surface area contributed by atoms with E-state index in [2.05, 4.69) is 11.4 Å². The highest BCUT2D eigenvalue weighted by Crippen LogP contribution is 2.44. The number of hydrogen-bond donors (Lipinski definition) is 1. The molecule has 1 nitrogen and oxygen atoms in total. The van der Waals surface area contributed by atoms with Gasteiger partial charge in [-0.3, -0.25) is 0 Å². The molecule has 3 heteroatoms. The predicted molar refractivity (Wildman–Crippen MR) is 75.8 cm³/mol. The Kier molecular flexibility index (Phi) is 3.30. The molecule has 2 unspecified atom stereocenters. The monoisotopic (exact) mass is 273 g/mol. The Morgan fingerprint density at radius 2 is 1.90 bits per heavy atom. The van der Waals surface area contributed by atoms with Crippen molar-refractivity contribution in [2.24, 2.45) is 0 Å². The topological polar surface area (TPSA) is 12.0 Å². The van der Waals surface area contributed by atoms with E-state index in [0.29, 0.717) is 5.56 Å². The molecule has 20 heavy (non-hydrogen) atoms. The number of aryl methyl sites for hydroxylation is 1. The second-order valence-corrected chi connectivity index (χ2v) is 5.37. The smallest absolute Gasteiger partial charge is 0.133 e. The molecule has 104 valence electrons. The Morgan fingerprint density at radius 3 is 2.60 bits per heavy atom. The van der Waals surface area contributed by atoms with E-state index in [1.807, 2.05) is 18.2 Å². The van der Waals surface area contributed by atoms with Crippen molar-refractivity contribution in [3.05, 3.63) is 70.3 Å². The Hall–Kier alpha value is -1.74. The van der Waals surface area contributed by atoms with Gasteiger partial charge in [-0.15, -0.1) is 0 Å². The molecule has 0 saturated heterocycles. The van der Waals surface area contributed by atoms with Crippen LogP contribution < -0.4 is 5.32 Å². The molecule has 0 radical (unpaired) electrons. The third-order valence-corrected chi connectivity index (χ3v) is 4.24. The lowest BCUT2D eigenvalue weighted by Crippen LogP contribution is -2.32. The molecule has 2 atom stereocenters. The second kappa shape index (κ2) is 4.98. The summed E-state index contributed by atoms with van der Waals surface area (Å²) >= 11 is 0. The van der Waals surface area contributed by atoms with Crippen molar-refractivity contribution in [1.29, 1.82) is 0 Å². The first kappa shape index (κ1) is 13.3. The van der Waals surface area contributed by atoms with Crippen LogP contribution in [0.1, 0.15) is 34.2 Å². The number of benzene rings is 2. The van der Waals surface area contributed by atoms with E-state index < -0.39 is 11.6 Å². The van der Waals surface area contributed by atoms with Gasteiger partial charge in [0.15, 0.2) is 0 Å². The van der Waals surface area contributed by atoms with Gasteiger partial charge in [0.05, 0.1) is 0 Å². The van der Waals surface area contributed by atoms with E-state index in [0.717, 1.165) is 6.42 Å². The fourth-order valence-electron chi connectivity index (χ4n) is 3.11. The Labute approximate surface area is 117 Å². The normalized spacial score (nSPS) is 18.3. The molecule has 2 aromatic carbocycles. The molecule has 1 aliphatic rings. The van der Waals surface area contributed by atoms with E-state index in [4.69, 9.17) is 0 Å². The van der Waals surface area contributed by atoms with Crippen LogP contribution in [0.4, 0.5) is 8.78 Å². The van der Waals surface area contributed by atoms with Gasteiger partial charge in [-0.25, -0.2) is 8.78 Å². The highest BCUT2D eigenvalue weighted by atomic mass is 19.1. The van der Waals surface area contributed by atoms with Crippen LogP contribution in [-0.2, 0) is 6.42 Å². The summed E-state index contributed by atoms with van der Waals surface area (Å²) in [6, 6.07) is 10.6. The van der Waals surface area contributed by atoms with Crippen LogP contribution in [0.15, 0.2) is 36.4 Å². The third-order valence-electron chi connectivity index (χ3n) is 4.24. The maximum atomic E-state index is 14.3. The summed E-state index contributed by atoms with van der Waals surface area (Å²) in [5, 5.41) is 3.09. The molecule has 0 fully saturated rings. The van der Waals surface area contributed by atoms with Gasteiger partial charge < -0.3 is 5.32 Å². The first-order valence-corrected chi connectivity index (χ1v) is 6.83. The molecular weight excluding hydrogens is 256 g/mol. The SMILES string of the molecule is CNC(c1c(F)ccc(C)c1F)C1Cc2ccccc21. The minimum atomic E-state index is -0.475. The molecule has 0 aliphatic heterocycles. The molecule has 0 bridgehead atoms. The van der Waals surface area contributed by atoms with Gasteiger partial charge >= 0.3 is 0 Å². The Morgan fingerprint density at radius 1 is 1.15 bits per heavy atom. The zero-order chi connectivity index (χ0) is 14.3. The van der Waals surface area contributed by atoms with Crippen LogP contribution >= 0.6 is 0 Å². The third kappa shape index (κ3) is 1.93. The average Bonchev–Trinajstić information content (AvgIpc) is 2.43. The minimum absolute atomic E-state index is 0.127. The summed E-state index contributed by atoms with van der Waals surface area (Å²) in [6.07, 6.45) is 0.856. The molecule has 0 aromatic heterocycles. The van der Waals surface area contributed by atoms with Crippen molar-refractivity contribution in [2.75, 3.05) is 7.05 Å². The molecular formula is C17H17F2N. The van der Waals surface area contributed by atoms with Gasteiger partial charge in [-0.2, -0.15) is 0 Å². The zero-order valence-electron chi connectivity index (χ0n) is 11.6. The fraction of sp³-hybridized carbons (Fsp3) is 0.294. The summed E-state index contributed by atoms with van der Waals surface area (Å²) in [4.78, 5) is 0. The Balaban J connectivity index is 2.03. The summed E-state index contributed by atoms with van der Waals surface area (Å²) in [5.74, 6) is -0.785. The standard InChI is InChI=1S/C17H17F2N/c1-10-7-8-14(18)15(16(10)19)17(20-2)13-9-11-5-3-4-6-12(11)13/h3-8,13,17,20H,9H2,1-2H3. The lowest BCUT2D eigenvalue weighted by Gasteiger charge is -2.37. The van der Waals surface area contributed by atoms with Crippen molar-refractivity contribution in [3.63, 3.8) is 0 Å². The molecule has 1 N–H and O–H groups in total. The highest BCUT2D eigenvalue weighted by molar-refractivity contribution is 5.44. The van der Waals surface area contributed by atoms with E-state index >= 15 is 0 Å². The van der Waals surface area contributed by atoms with Gasteiger partial charge in [0.25, 0.3) is 0 Å². The van der Waals surface area contributed by atoms with Crippen molar-refractivity contribution in [1.82, 2.24) is 5.32 Å². The Bertz CT molecular complexity index is 651. The first-order chi connectivity index (χ1) is 9.63. The van der Waals surface area contributed by atoms with Gasteiger partial charge in [0, 0.05) is 17.5 Å². The number of fused-ring (bicyclic) bond motifs is 1. The van der Waals surface area contributed by atoms with E-state index in [9.17, 15) is 8.78 Å². The van der Waals surface area contributed by atoms with Gasteiger partial charge in [0.1, 0.15) is 11.6 Å². The maximum Gasteiger partial charge on any atom is 0.133 e. The first-order valence-electron chi connectivity index (χ1n) is 6.83. The minimum Gasteiger partial charge on any atom is -0.312 e. The quantitative estimate of drug-likeness (QED) is 0.895. The number of likely N-dealkylation sites (N-methyl/N-ethyl adjacent to an activating group) is 1. The summed E-state index contributed by atoms with van der Waals surface area (Å²) in [6.45, 7) is 1.67. The average molecular weight is 273 g/mol. The van der Waals surface area contributed by atoms with Crippen molar-refractivity contribution < 1.29 is 8.78 Å². The fourth-order valence-corrected chi connectivity index (χ4v) is 3.11. The number of hydrogen-bond acceptors (Lipinski definition) is 1. The predicted octanol–water partition coefficient (Wildman–Crippen LogP) is 3.87. The van der Waals surface area contributed by atoms with Crippen LogP contribution in [-0.4, -0.2) is 7.05 Å². The molecule has 1 aliphatic carbocycles. The molecule has 0 saturated carbocycles. The van der Waals surface area contributed by atoms with Crippen LogP contribution in [0, 0.1) is 18.6 Å². The number of halogens is 2. The van der Waals surface area contributed by atoms with Gasteiger partial charge in [-0.05, 0) is 43.1 Å². The molecule has 3 rings (SSSR count). The largest absolute Gasteiger partial charge is 0.312 e. The van der Waals surface area contributed by atoms with Crippen molar-refractivity contribution >= 4 is 0 Å². The summed E-state index contributed by atoms with van der Waals surface area (Å²) < 4.78 is 28.4. The molecule has 2 aromatic rings. The van der Waals surface area contributed by atoms with Crippen molar-refractivity contribution in [2.45, 2.75) is 25.3 Å². The molecule has 0 spiro atoms. The second-order valence-electron chi connectivity index (χ2n) is 5.37. The van der Waals surface area contributed by atoms with Crippen LogP contribution in [0.5, 0.6) is 0 Å². The molecule has 0 heterocycles. The van der Waals surface area contributed by atoms with Crippen LogP contribution in [0.3, 0.4) is 0 Å². The highest BCUT2D eigenvalue weighted by Gasteiger charge is 2.35. The zero-order valence-corrected chi connectivity index (χ0v) is 11.6. The van der Waals surface area contributed by atoms with Gasteiger partial charge in [-0.1, -0.05) is 30.3 Å². The van der Waals surface area contributed by atoms with Crippen LogP contribution in [0.25, 0.3) is 0 Å². The lowest BCUT2D eigenvalue weighted by molar-refractivity contribution is 0.402. The van der Waals surface area contributed by atoms with E-state index in [-0.39, 0.29) is 17.5 Å². The van der Waals surface area contributed by atoms with E-state index in [1.54, 1.807) is 14.0 Å². The van der Waals surface area contributed by atoms with Crippen LogP contribution in [0.2, 0.25) is 0 Å².